The molecule has 0 atom stereocenters. The first kappa shape index (κ1) is 16.0. The van der Waals surface area contributed by atoms with Gasteiger partial charge in [-0.15, -0.1) is 10.2 Å². The third-order valence-corrected chi connectivity index (χ3v) is 3.86. The highest BCUT2D eigenvalue weighted by Gasteiger charge is 2.14. The van der Waals surface area contributed by atoms with Crippen molar-refractivity contribution >= 4 is 29.1 Å². The van der Waals surface area contributed by atoms with E-state index in [1.54, 1.807) is 36.4 Å². The van der Waals surface area contributed by atoms with E-state index < -0.39 is 0 Å². The summed E-state index contributed by atoms with van der Waals surface area (Å²) >= 11 is 1.10. The molecule has 0 unspecified atom stereocenters. The van der Waals surface area contributed by atoms with Gasteiger partial charge in [-0.2, -0.15) is 0 Å². The lowest BCUT2D eigenvalue weighted by Crippen LogP contribution is -2.16. The van der Waals surface area contributed by atoms with Crippen LogP contribution in [-0.4, -0.2) is 27.6 Å². The van der Waals surface area contributed by atoms with E-state index in [1.807, 2.05) is 0 Å². The number of thioether (sulfide) groups is 1. The number of amides is 1. The van der Waals surface area contributed by atoms with Crippen molar-refractivity contribution in [2.45, 2.75) is 12.1 Å². The quantitative estimate of drug-likeness (QED) is 0.542. The lowest BCUT2D eigenvalue weighted by molar-refractivity contribution is -0.113. The van der Waals surface area contributed by atoms with Crippen LogP contribution in [0.4, 0.5) is 5.69 Å². The minimum atomic E-state index is -0.272. The first-order valence-electron chi connectivity index (χ1n) is 7.03. The molecule has 7 nitrogen and oxygen atoms in total. The SMILES string of the molecule is CC(=O)c1ccccc1NC(=O)CSc1nnc(-c2ccco2)o1. The van der Waals surface area contributed by atoms with E-state index >= 15 is 0 Å². The Labute approximate surface area is 141 Å². The zero-order valence-electron chi connectivity index (χ0n) is 12.7. The molecule has 1 N–H and O–H groups in total. The van der Waals surface area contributed by atoms with Gasteiger partial charge in [0, 0.05) is 5.56 Å². The molecule has 0 spiro atoms. The van der Waals surface area contributed by atoms with E-state index in [2.05, 4.69) is 15.5 Å². The maximum absolute atomic E-state index is 12.0. The van der Waals surface area contributed by atoms with Crippen molar-refractivity contribution in [1.29, 1.82) is 0 Å². The Bertz CT molecular complexity index is 858. The van der Waals surface area contributed by atoms with Gasteiger partial charge in [-0.25, -0.2) is 0 Å². The van der Waals surface area contributed by atoms with Crippen LogP contribution in [0.3, 0.4) is 0 Å². The van der Waals surface area contributed by atoms with E-state index in [4.69, 9.17) is 8.83 Å². The number of carbonyl (C=O) groups is 2. The van der Waals surface area contributed by atoms with Crippen LogP contribution < -0.4 is 5.32 Å². The molecule has 2 aromatic heterocycles. The van der Waals surface area contributed by atoms with Gasteiger partial charge in [-0.1, -0.05) is 23.9 Å². The topological polar surface area (TPSA) is 98.2 Å². The summed E-state index contributed by atoms with van der Waals surface area (Å²) in [6.45, 7) is 1.45. The monoisotopic (exact) mass is 343 g/mol. The number of furan rings is 1. The fraction of sp³-hybridized carbons (Fsp3) is 0.125. The normalized spacial score (nSPS) is 10.5. The Morgan fingerprint density at radius 3 is 2.75 bits per heavy atom. The van der Waals surface area contributed by atoms with Gasteiger partial charge in [0.1, 0.15) is 0 Å². The number of anilines is 1. The van der Waals surface area contributed by atoms with Crippen molar-refractivity contribution in [3.8, 4) is 11.7 Å². The average Bonchev–Trinajstić information content (AvgIpc) is 3.24. The second kappa shape index (κ2) is 7.14. The van der Waals surface area contributed by atoms with E-state index in [-0.39, 0.29) is 28.6 Å². The molecule has 0 bridgehead atoms. The molecule has 1 amide bonds. The van der Waals surface area contributed by atoms with Crippen molar-refractivity contribution in [2.24, 2.45) is 0 Å². The van der Waals surface area contributed by atoms with Crippen LogP contribution in [0.15, 0.2) is 56.7 Å². The molecule has 0 aliphatic heterocycles. The minimum absolute atomic E-state index is 0.0754. The Morgan fingerprint density at radius 1 is 1.17 bits per heavy atom. The molecule has 3 aromatic rings. The molecule has 0 aliphatic rings. The summed E-state index contributed by atoms with van der Waals surface area (Å²) in [7, 11) is 0. The van der Waals surface area contributed by atoms with Gasteiger partial charge in [0.2, 0.25) is 5.91 Å². The predicted molar refractivity (Wildman–Crippen MR) is 87.8 cm³/mol. The first-order chi connectivity index (χ1) is 11.6. The molecule has 3 rings (SSSR count). The van der Waals surface area contributed by atoms with Crippen molar-refractivity contribution < 1.29 is 18.4 Å². The number of benzene rings is 1. The van der Waals surface area contributed by atoms with Gasteiger partial charge in [-0.3, -0.25) is 9.59 Å². The molecular formula is C16H13N3O4S. The molecule has 0 fully saturated rings. The number of rotatable bonds is 6. The first-order valence-corrected chi connectivity index (χ1v) is 8.02. The van der Waals surface area contributed by atoms with Crippen LogP contribution in [0.5, 0.6) is 0 Å². The fourth-order valence-corrected chi connectivity index (χ4v) is 2.54. The molecule has 24 heavy (non-hydrogen) atoms. The lowest BCUT2D eigenvalue weighted by Gasteiger charge is -2.07. The maximum atomic E-state index is 12.0. The van der Waals surface area contributed by atoms with Gasteiger partial charge in [-0.05, 0) is 31.2 Å². The largest absolute Gasteiger partial charge is 0.459 e. The molecule has 0 aliphatic carbocycles. The fourth-order valence-electron chi connectivity index (χ4n) is 1.98. The second-order valence-corrected chi connectivity index (χ2v) is 5.72. The number of hydrogen-bond acceptors (Lipinski definition) is 7. The summed E-state index contributed by atoms with van der Waals surface area (Å²) in [6.07, 6.45) is 1.51. The number of nitrogens with one attached hydrogen (secondary N) is 1. The minimum Gasteiger partial charge on any atom is -0.459 e. The Morgan fingerprint density at radius 2 is 2.00 bits per heavy atom. The van der Waals surface area contributed by atoms with E-state index in [1.165, 1.54) is 13.2 Å². The van der Waals surface area contributed by atoms with Crippen molar-refractivity contribution in [1.82, 2.24) is 10.2 Å². The van der Waals surface area contributed by atoms with Crippen LogP contribution in [0.1, 0.15) is 17.3 Å². The van der Waals surface area contributed by atoms with Crippen molar-refractivity contribution in [3.63, 3.8) is 0 Å². The maximum Gasteiger partial charge on any atom is 0.284 e. The van der Waals surface area contributed by atoms with Crippen LogP contribution in [0.25, 0.3) is 11.7 Å². The van der Waals surface area contributed by atoms with E-state index in [9.17, 15) is 9.59 Å². The third kappa shape index (κ3) is 3.72. The molecule has 0 saturated carbocycles. The van der Waals surface area contributed by atoms with Gasteiger partial charge >= 0.3 is 0 Å². The van der Waals surface area contributed by atoms with Gasteiger partial charge in [0.15, 0.2) is 11.5 Å². The van der Waals surface area contributed by atoms with Crippen LogP contribution in [-0.2, 0) is 4.79 Å². The molecular weight excluding hydrogens is 330 g/mol. The molecule has 0 radical (unpaired) electrons. The summed E-state index contributed by atoms with van der Waals surface area (Å²) in [5.74, 6) is 0.412. The smallest absolute Gasteiger partial charge is 0.284 e. The second-order valence-electron chi connectivity index (χ2n) is 4.79. The van der Waals surface area contributed by atoms with Crippen molar-refractivity contribution in [3.05, 3.63) is 48.2 Å². The van der Waals surface area contributed by atoms with Gasteiger partial charge < -0.3 is 14.2 Å². The summed E-state index contributed by atoms with van der Waals surface area (Å²) in [5.41, 5.74) is 0.950. The zero-order chi connectivity index (χ0) is 16.9. The number of para-hydroxylation sites is 1. The Balaban J connectivity index is 1.59. The lowest BCUT2D eigenvalue weighted by atomic mass is 10.1. The third-order valence-electron chi connectivity index (χ3n) is 3.05. The number of carbonyl (C=O) groups excluding carboxylic acids is 2. The zero-order valence-corrected chi connectivity index (χ0v) is 13.5. The predicted octanol–water partition coefficient (Wildman–Crippen LogP) is 3.26. The summed E-state index contributed by atoms with van der Waals surface area (Å²) < 4.78 is 10.6. The average molecular weight is 343 g/mol. The van der Waals surface area contributed by atoms with Crippen molar-refractivity contribution in [2.75, 3.05) is 11.1 Å². The summed E-state index contributed by atoms with van der Waals surface area (Å²) in [6, 6.07) is 10.3. The number of ketones is 1. The summed E-state index contributed by atoms with van der Waals surface area (Å²) in [4.78, 5) is 23.6. The van der Waals surface area contributed by atoms with Gasteiger partial charge in [0.25, 0.3) is 11.1 Å². The standard InChI is InChI=1S/C16H13N3O4S/c1-10(20)11-5-2-3-6-12(11)17-14(21)9-24-16-19-18-15(23-16)13-7-4-8-22-13/h2-8H,9H2,1H3,(H,17,21). The number of aromatic nitrogens is 2. The molecule has 1 aromatic carbocycles. The highest BCUT2D eigenvalue weighted by molar-refractivity contribution is 7.99. The number of hydrogen-bond donors (Lipinski definition) is 1. The number of nitrogens with zero attached hydrogens (tertiary/aromatic N) is 2. The number of Topliss-reactive ketones (excluding diaryl/α,β-unsaturated/α-hetero) is 1. The molecule has 122 valence electrons. The van der Waals surface area contributed by atoms with Crippen LogP contribution >= 0.6 is 11.8 Å². The van der Waals surface area contributed by atoms with Gasteiger partial charge in [0.05, 0.1) is 17.7 Å². The molecule has 0 saturated heterocycles. The van der Waals surface area contributed by atoms with Crippen LogP contribution in [0.2, 0.25) is 0 Å². The Kier molecular flexibility index (Phi) is 4.76. The Hall–Kier alpha value is -2.87. The molecule has 8 heteroatoms. The van der Waals surface area contributed by atoms with Crippen LogP contribution in [0, 0.1) is 0 Å². The highest BCUT2D eigenvalue weighted by Crippen LogP contribution is 2.23. The molecule has 2 heterocycles. The highest BCUT2D eigenvalue weighted by atomic mass is 32.2. The summed E-state index contributed by atoms with van der Waals surface area (Å²) in [5, 5.41) is 10.7. The van der Waals surface area contributed by atoms with E-state index in [0.29, 0.717) is 17.0 Å². The van der Waals surface area contributed by atoms with E-state index in [0.717, 1.165) is 11.8 Å².